The second-order valence-electron chi connectivity index (χ2n) is 7.33. The van der Waals surface area contributed by atoms with Gasteiger partial charge in [0.2, 0.25) is 0 Å². The average molecular weight is 385 g/mol. The van der Waals surface area contributed by atoms with Crippen molar-refractivity contribution in [1.29, 1.82) is 0 Å². The summed E-state index contributed by atoms with van der Waals surface area (Å²) in [5.74, 6) is 1.26. The zero-order chi connectivity index (χ0) is 19.6. The Bertz CT molecular complexity index is 687. The van der Waals surface area contributed by atoms with Crippen molar-refractivity contribution < 1.29 is 22.6 Å². The number of nitrogens with zero attached hydrogens (tertiary/aromatic N) is 1. The van der Waals surface area contributed by atoms with Gasteiger partial charge in [0.15, 0.2) is 0 Å². The van der Waals surface area contributed by atoms with Gasteiger partial charge in [0, 0.05) is 24.9 Å². The lowest BCUT2D eigenvalue weighted by Gasteiger charge is -2.35. The number of nitrogens with one attached hydrogen (secondary N) is 1. The second kappa shape index (κ2) is 7.98. The van der Waals surface area contributed by atoms with Crippen molar-refractivity contribution in [3.8, 4) is 0 Å². The van der Waals surface area contributed by atoms with Crippen molar-refractivity contribution in [3.05, 3.63) is 41.3 Å². The summed E-state index contributed by atoms with van der Waals surface area (Å²) in [6, 6.07) is 3.32. The summed E-state index contributed by atoms with van der Waals surface area (Å²) >= 11 is 0. The molecule has 2 aliphatic rings. The van der Waals surface area contributed by atoms with Crippen molar-refractivity contribution in [3.63, 3.8) is 0 Å². The van der Waals surface area contributed by atoms with Crippen molar-refractivity contribution in [2.24, 2.45) is 5.92 Å². The van der Waals surface area contributed by atoms with Crippen LogP contribution < -0.4 is 11.2 Å². The minimum absolute atomic E-state index is 0.0213. The van der Waals surface area contributed by atoms with E-state index in [4.69, 9.17) is 15.2 Å². The van der Waals surface area contributed by atoms with Crippen LogP contribution in [0.5, 0.6) is 0 Å². The molecular weight excluding hydrogens is 359 g/mol. The number of benzene rings is 1. The van der Waals surface area contributed by atoms with Crippen LogP contribution in [0.4, 0.5) is 18.9 Å². The molecule has 0 bridgehead atoms. The lowest BCUT2D eigenvalue weighted by Crippen LogP contribution is -2.44. The van der Waals surface area contributed by atoms with Gasteiger partial charge in [-0.3, -0.25) is 0 Å². The normalized spacial score (nSPS) is 24.5. The van der Waals surface area contributed by atoms with Crippen LogP contribution in [-0.2, 0) is 15.7 Å². The molecule has 3 atom stereocenters. The standard InChI is InChI=1S/C19H26F3N3O2/c1-12-9-25(10-18(27-12)5-14-3-4-26-11-14)24-13(2)15-6-16(19(20,21)22)8-17(23)7-15/h6-9,13-14,18,24H,3-5,10-11,23H2,1-2H3. The lowest BCUT2D eigenvalue weighted by atomic mass is 10.00. The van der Waals surface area contributed by atoms with Gasteiger partial charge in [0.25, 0.3) is 0 Å². The van der Waals surface area contributed by atoms with E-state index in [1.807, 2.05) is 25.1 Å². The summed E-state index contributed by atoms with van der Waals surface area (Å²) in [6.45, 7) is 5.86. The Hall–Kier alpha value is -1.93. The van der Waals surface area contributed by atoms with Crippen molar-refractivity contribution >= 4 is 5.69 Å². The van der Waals surface area contributed by atoms with E-state index in [-0.39, 0.29) is 17.8 Å². The fraction of sp³-hybridized carbons (Fsp3) is 0.579. The zero-order valence-corrected chi connectivity index (χ0v) is 15.6. The fourth-order valence-corrected chi connectivity index (χ4v) is 3.59. The molecule has 0 aromatic heterocycles. The van der Waals surface area contributed by atoms with E-state index < -0.39 is 11.7 Å². The first-order valence-electron chi connectivity index (χ1n) is 9.14. The first kappa shape index (κ1) is 19.8. The number of ether oxygens (including phenoxy) is 2. The van der Waals surface area contributed by atoms with E-state index >= 15 is 0 Å². The van der Waals surface area contributed by atoms with Gasteiger partial charge in [0.05, 0.1) is 18.3 Å². The molecule has 8 heteroatoms. The van der Waals surface area contributed by atoms with Crippen LogP contribution in [0.2, 0.25) is 0 Å². The van der Waals surface area contributed by atoms with Crippen LogP contribution in [0.25, 0.3) is 0 Å². The molecular formula is C19H26F3N3O2. The highest BCUT2D eigenvalue weighted by Crippen LogP contribution is 2.33. The summed E-state index contributed by atoms with van der Waals surface area (Å²) < 4.78 is 50.5. The number of halogens is 3. The SMILES string of the molecule is CC1=CN(NC(C)c2cc(N)cc(C(F)(F)F)c2)CC(CC2CCOC2)O1. The van der Waals surface area contributed by atoms with E-state index in [1.54, 1.807) is 6.07 Å². The Morgan fingerprint density at radius 2 is 2.11 bits per heavy atom. The maximum atomic E-state index is 13.0. The van der Waals surface area contributed by atoms with Gasteiger partial charge in [-0.05, 0) is 56.4 Å². The first-order chi connectivity index (χ1) is 12.7. The van der Waals surface area contributed by atoms with Crippen LogP contribution in [0.1, 0.15) is 43.9 Å². The van der Waals surface area contributed by atoms with Crippen molar-refractivity contribution in [1.82, 2.24) is 10.4 Å². The fourth-order valence-electron chi connectivity index (χ4n) is 3.59. The molecule has 27 heavy (non-hydrogen) atoms. The first-order valence-corrected chi connectivity index (χ1v) is 9.14. The molecule has 5 nitrogen and oxygen atoms in total. The minimum atomic E-state index is -4.42. The van der Waals surface area contributed by atoms with Gasteiger partial charge in [-0.1, -0.05) is 0 Å². The number of rotatable bonds is 5. The summed E-state index contributed by atoms with van der Waals surface area (Å²) in [7, 11) is 0. The average Bonchev–Trinajstić information content (AvgIpc) is 3.05. The quantitative estimate of drug-likeness (QED) is 0.754. The maximum Gasteiger partial charge on any atom is 0.416 e. The van der Waals surface area contributed by atoms with Crippen LogP contribution >= 0.6 is 0 Å². The summed E-state index contributed by atoms with van der Waals surface area (Å²) in [5.41, 5.74) is 8.77. The molecule has 0 aliphatic carbocycles. The third-order valence-electron chi connectivity index (χ3n) is 4.88. The molecule has 2 heterocycles. The number of hydrazine groups is 1. The highest BCUT2D eigenvalue weighted by Gasteiger charge is 2.32. The smallest absolute Gasteiger partial charge is 0.416 e. The van der Waals surface area contributed by atoms with Crippen LogP contribution in [0.15, 0.2) is 30.2 Å². The molecule has 0 spiro atoms. The molecule has 3 N–H and O–H groups in total. The summed E-state index contributed by atoms with van der Waals surface area (Å²) in [4.78, 5) is 0. The summed E-state index contributed by atoms with van der Waals surface area (Å²) in [6.07, 6.45) is -0.638. The van der Waals surface area contributed by atoms with E-state index in [1.165, 1.54) is 0 Å². The van der Waals surface area contributed by atoms with Gasteiger partial charge < -0.3 is 20.2 Å². The Morgan fingerprint density at radius 1 is 1.33 bits per heavy atom. The van der Waals surface area contributed by atoms with Gasteiger partial charge in [0.1, 0.15) is 11.9 Å². The number of allylic oxidation sites excluding steroid dienone is 1. The highest BCUT2D eigenvalue weighted by molar-refractivity contribution is 5.46. The number of hydrogen-bond acceptors (Lipinski definition) is 5. The third kappa shape index (κ3) is 5.29. The Balaban J connectivity index is 1.66. The Labute approximate surface area is 157 Å². The summed E-state index contributed by atoms with van der Waals surface area (Å²) in [5, 5.41) is 1.89. The molecule has 0 amide bonds. The minimum Gasteiger partial charge on any atom is -0.492 e. The zero-order valence-electron chi connectivity index (χ0n) is 15.6. The van der Waals surface area contributed by atoms with Crippen molar-refractivity contribution in [2.75, 3.05) is 25.5 Å². The number of nitrogens with two attached hydrogens (primary N) is 1. The Morgan fingerprint density at radius 3 is 2.78 bits per heavy atom. The molecule has 1 aromatic rings. The number of alkyl halides is 3. The topological polar surface area (TPSA) is 59.8 Å². The number of hydrogen-bond donors (Lipinski definition) is 2. The monoisotopic (exact) mass is 385 g/mol. The van der Waals surface area contributed by atoms with Gasteiger partial charge in [-0.15, -0.1) is 0 Å². The lowest BCUT2D eigenvalue weighted by molar-refractivity contribution is -0.137. The van der Waals surface area contributed by atoms with E-state index in [0.29, 0.717) is 18.0 Å². The maximum absolute atomic E-state index is 13.0. The Kier molecular flexibility index (Phi) is 5.86. The van der Waals surface area contributed by atoms with Crippen molar-refractivity contribution in [2.45, 2.75) is 45.0 Å². The predicted octanol–water partition coefficient (Wildman–Crippen LogP) is 3.84. The van der Waals surface area contributed by atoms with Crippen LogP contribution in [0.3, 0.4) is 0 Å². The number of anilines is 1. The molecule has 3 unspecified atom stereocenters. The highest BCUT2D eigenvalue weighted by atomic mass is 19.4. The van der Waals surface area contributed by atoms with E-state index in [2.05, 4.69) is 5.43 Å². The molecule has 1 saturated heterocycles. The van der Waals surface area contributed by atoms with Gasteiger partial charge in [-0.25, -0.2) is 5.43 Å². The van der Waals surface area contributed by atoms with E-state index in [0.717, 1.165) is 43.9 Å². The van der Waals surface area contributed by atoms with Gasteiger partial charge in [-0.2, -0.15) is 13.2 Å². The molecule has 1 fully saturated rings. The molecule has 150 valence electrons. The third-order valence-corrected chi connectivity index (χ3v) is 4.88. The molecule has 0 saturated carbocycles. The second-order valence-corrected chi connectivity index (χ2v) is 7.33. The van der Waals surface area contributed by atoms with Gasteiger partial charge >= 0.3 is 6.18 Å². The van der Waals surface area contributed by atoms with Crippen LogP contribution in [-0.4, -0.2) is 30.9 Å². The molecule has 3 rings (SSSR count). The molecule has 1 aromatic carbocycles. The molecule has 2 aliphatic heterocycles. The largest absolute Gasteiger partial charge is 0.492 e. The molecule has 0 radical (unpaired) electrons. The van der Waals surface area contributed by atoms with E-state index in [9.17, 15) is 13.2 Å². The van der Waals surface area contributed by atoms with Crippen LogP contribution in [0, 0.1) is 5.92 Å². The predicted molar refractivity (Wildman–Crippen MR) is 96.3 cm³/mol. The number of nitrogen functional groups attached to an aromatic ring is 1.